The maximum absolute atomic E-state index is 11.2. The lowest BCUT2D eigenvalue weighted by Crippen LogP contribution is -2.42. The summed E-state index contributed by atoms with van der Waals surface area (Å²) in [7, 11) is -3.68. The minimum absolute atomic E-state index is 0.00593. The molecule has 2 aromatic rings. The van der Waals surface area contributed by atoms with E-state index in [1.54, 1.807) is 6.92 Å². The summed E-state index contributed by atoms with van der Waals surface area (Å²) >= 11 is 0. The first kappa shape index (κ1) is 32.2. The van der Waals surface area contributed by atoms with Gasteiger partial charge in [0.1, 0.15) is 18.8 Å². The normalized spacial score (nSPS) is 13.8. The third-order valence-electron chi connectivity index (χ3n) is 4.85. The highest BCUT2D eigenvalue weighted by molar-refractivity contribution is 7.51. The number of carbonyl (C=O) groups excluding carboxylic acids is 1. The van der Waals surface area contributed by atoms with Gasteiger partial charge >= 0.3 is 19.5 Å². The van der Waals surface area contributed by atoms with Crippen LogP contribution in [0.15, 0.2) is 36.4 Å². The fraction of sp³-hybridized carbons (Fsp3) is 0.348. The minimum atomic E-state index is -3.68. The van der Waals surface area contributed by atoms with Gasteiger partial charge in [-0.1, -0.05) is 19.1 Å². The van der Waals surface area contributed by atoms with E-state index in [0.717, 1.165) is 6.66 Å². The van der Waals surface area contributed by atoms with Gasteiger partial charge in [-0.2, -0.15) is 0 Å². The van der Waals surface area contributed by atoms with E-state index in [1.807, 2.05) is 0 Å². The largest absolute Gasteiger partial charge is 0.504 e. The number of carboxylic acid groups (broad SMARTS) is 2. The van der Waals surface area contributed by atoms with Crippen molar-refractivity contribution in [3.63, 3.8) is 0 Å². The highest BCUT2D eigenvalue weighted by atomic mass is 31.2. The molecule has 15 heteroatoms. The van der Waals surface area contributed by atoms with Gasteiger partial charge in [0.05, 0.1) is 0 Å². The second-order valence-corrected chi connectivity index (χ2v) is 9.90. The van der Waals surface area contributed by atoms with Crippen LogP contribution in [0.4, 0.5) is 0 Å². The SMILES string of the molecule is CCC(=O)NC(Cc1ccc(O)c(O)c1)C(=O)O.CP(=O)(O)OCNC(Cc1ccc(O)c(O)c1)C(=O)O. The van der Waals surface area contributed by atoms with Crippen molar-refractivity contribution in [3.05, 3.63) is 47.5 Å². The molecule has 0 heterocycles. The van der Waals surface area contributed by atoms with Crippen molar-refractivity contribution in [2.24, 2.45) is 0 Å². The Labute approximate surface area is 217 Å². The number of aromatic hydroxyl groups is 4. The standard InChI is InChI=1S/C12H15NO5.C11H16NO7P/c1-2-11(16)13-8(12(17)18)5-7-3-4-9(14)10(15)6-7;1-20(17,18)19-6-12-8(11(15)16)4-7-2-3-9(13)10(14)5-7/h3-4,6,8,14-15H,2,5H2,1H3,(H,13,16)(H,17,18);2-3,5,8,12-14H,4,6H2,1H3,(H,15,16)(H,17,18). The van der Waals surface area contributed by atoms with Crippen LogP contribution in [-0.2, 0) is 36.3 Å². The van der Waals surface area contributed by atoms with Gasteiger partial charge in [0, 0.05) is 19.5 Å². The zero-order valence-electron chi connectivity index (χ0n) is 20.6. The van der Waals surface area contributed by atoms with Crippen molar-refractivity contribution >= 4 is 25.4 Å². The number of benzene rings is 2. The van der Waals surface area contributed by atoms with E-state index in [0.29, 0.717) is 11.1 Å². The maximum atomic E-state index is 11.2. The second-order valence-electron chi connectivity index (χ2n) is 8.04. The molecule has 0 saturated heterocycles. The molecule has 0 bridgehead atoms. The van der Waals surface area contributed by atoms with Crippen LogP contribution < -0.4 is 10.6 Å². The molecular formula is C23H31N2O12P. The number of hydrogen-bond acceptors (Lipinski definition) is 10. The van der Waals surface area contributed by atoms with Crippen LogP contribution in [0.3, 0.4) is 0 Å². The zero-order valence-corrected chi connectivity index (χ0v) is 21.5. The van der Waals surface area contributed by atoms with Crippen molar-refractivity contribution in [1.82, 2.24) is 10.6 Å². The predicted molar refractivity (Wildman–Crippen MR) is 133 cm³/mol. The summed E-state index contributed by atoms with van der Waals surface area (Å²) < 4.78 is 15.4. The van der Waals surface area contributed by atoms with Crippen LogP contribution in [0.1, 0.15) is 24.5 Å². The molecule has 2 aromatic carbocycles. The quantitative estimate of drug-likeness (QED) is 0.101. The van der Waals surface area contributed by atoms with E-state index >= 15 is 0 Å². The molecule has 0 aliphatic heterocycles. The van der Waals surface area contributed by atoms with E-state index in [9.17, 15) is 29.2 Å². The molecular weight excluding hydrogens is 527 g/mol. The smallest absolute Gasteiger partial charge is 0.326 e. The first-order valence-corrected chi connectivity index (χ1v) is 13.1. The Morgan fingerprint density at radius 3 is 1.66 bits per heavy atom. The van der Waals surface area contributed by atoms with E-state index < -0.39 is 38.3 Å². The Bertz CT molecular complexity index is 1170. The molecule has 1 amide bonds. The topological polar surface area (TPSA) is 243 Å². The van der Waals surface area contributed by atoms with E-state index in [2.05, 4.69) is 15.2 Å². The number of hydrogen-bond donors (Lipinski definition) is 9. The molecule has 3 unspecified atom stereocenters. The van der Waals surface area contributed by atoms with Crippen molar-refractivity contribution in [3.8, 4) is 23.0 Å². The number of phenols is 4. The van der Waals surface area contributed by atoms with Gasteiger partial charge in [0.15, 0.2) is 23.0 Å². The summed E-state index contributed by atoms with van der Waals surface area (Å²) in [6.45, 7) is 2.22. The lowest BCUT2D eigenvalue weighted by atomic mass is 10.1. The number of nitrogens with one attached hydrogen (secondary N) is 2. The third-order valence-corrected chi connectivity index (χ3v) is 5.45. The first-order valence-electron chi connectivity index (χ1n) is 11.1. The highest BCUT2D eigenvalue weighted by Crippen LogP contribution is 2.35. The van der Waals surface area contributed by atoms with Crippen molar-refractivity contribution in [2.75, 3.05) is 13.4 Å². The van der Waals surface area contributed by atoms with Crippen LogP contribution >= 0.6 is 7.60 Å². The average Bonchev–Trinajstić information content (AvgIpc) is 2.82. The third kappa shape index (κ3) is 11.9. The molecule has 0 aliphatic carbocycles. The van der Waals surface area contributed by atoms with Crippen LogP contribution in [-0.4, -0.2) is 78.9 Å². The summed E-state index contributed by atoms with van der Waals surface area (Å²) in [5.41, 5.74) is 0.984. The summed E-state index contributed by atoms with van der Waals surface area (Å²) in [6.07, 6.45) is 0.242. The van der Waals surface area contributed by atoms with Crippen LogP contribution in [0.25, 0.3) is 0 Å². The van der Waals surface area contributed by atoms with Crippen LogP contribution in [0, 0.1) is 0 Å². The summed E-state index contributed by atoms with van der Waals surface area (Å²) in [4.78, 5) is 42.1. The number of rotatable bonds is 12. The number of aliphatic carboxylic acids is 2. The molecule has 2 rings (SSSR count). The van der Waals surface area contributed by atoms with Gasteiger partial charge in [-0.25, -0.2) is 4.79 Å². The van der Waals surface area contributed by atoms with Gasteiger partial charge in [-0.15, -0.1) is 0 Å². The molecule has 0 fully saturated rings. The molecule has 0 aromatic heterocycles. The molecule has 0 spiro atoms. The molecule has 14 nitrogen and oxygen atoms in total. The molecule has 0 radical (unpaired) electrons. The molecule has 0 aliphatic rings. The summed E-state index contributed by atoms with van der Waals surface area (Å²) in [5, 5.41) is 59.7. The van der Waals surface area contributed by atoms with Gasteiger partial charge in [-0.3, -0.25) is 24.0 Å². The Kier molecular flexibility index (Phi) is 12.5. The lowest BCUT2D eigenvalue weighted by Gasteiger charge is -2.15. The van der Waals surface area contributed by atoms with Crippen molar-refractivity contribution in [2.45, 2.75) is 38.3 Å². The number of carboxylic acids is 2. The fourth-order valence-electron chi connectivity index (χ4n) is 2.86. The Morgan fingerprint density at radius 2 is 1.29 bits per heavy atom. The van der Waals surface area contributed by atoms with E-state index in [4.69, 9.17) is 25.3 Å². The maximum Gasteiger partial charge on any atom is 0.326 e. The van der Waals surface area contributed by atoms with E-state index in [-0.39, 0.29) is 48.2 Å². The number of carbonyl (C=O) groups is 3. The Balaban J connectivity index is 0.000000382. The van der Waals surface area contributed by atoms with Crippen LogP contribution in [0.2, 0.25) is 0 Å². The molecule has 3 atom stereocenters. The fourth-order valence-corrected chi connectivity index (χ4v) is 3.18. The average molecular weight is 558 g/mol. The monoisotopic (exact) mass is 558 g/mol. The number of phenolic OH excluding ortho intramolecular Hbond substituents is 4. The van der Waals surface area contributed by atoms with Crippen molar-refractivity contribution in [1.29, 1.82) is 0 Å². The Morgan fingerprint density at radius 1 is 0.842 bits per heavy atom. The summed E-state index contributed by atoms with van der Waals surface area (Å²) in [6, 6.07) is 5.85. The molecule has 0 saturated carbocycles. The van der Waals surface area contributed by atoms with Gasteiger partial charge in [-0.05, 0) is 41.8 Å². The van der Waals surface area contributed by atoms with Crippen molar-refractivity contribution < 1.29 is 59.0 Å². The predicted octanol–water partition coefficient (Wildman–Crippen LogP) is 1.09. The zero-order chi connectivity index (χ0) is 29.0. The highest BCUT2D eigenvalue weighted by Gasteiger charge is 2.21. The van der Waals surface area contributed by atoms with Gasteiger partial charge in [0.2, 0.25) is 5.91 Å². The molecule has 9 N–H and O–H groups in total. The Hall–Kier alpha value is -3.84. The summed E-state index contributed by atoms with van der Waals surface area (Å²) in [5.74, 6) is -3.93. The lowest BCUT2D eigenvalue weighted by molar-refractivity contribution is -0.141. The van der Waals surface area contributed by atoms with Gasteiger partial charge < -0.3 is 40.8 Å². The first-order chi connectivity index (χ1) is 17.6. The van der Waals surface area contributed by atoms with E-state index in [1.165, 1.54) is 36.4 Å². The van der Waals surface area contributed by atoms with Gasteiger partial charge in [0.25, 0.3) is 0 Å². The number of amides is 1. The molecule has 38 heavy (non-hydrogen) atoms. The second kappa shape index (κ2) is 14.8. The van der Waals surface area contributed by atoms with Crippen LogP contribution in [0.5, 0.6) is 23.0 Å². The molecule has 210 valence electrons. The minimum Gasteiger partial charge on any atom is -0.504 e.